The molecule has 0 heterocycles. The molecule has 12 heavy (non-hydrogen) atoms. The third kappa shape index (κ3) is 3.59. The number of hydrogen-bond donors (Lipinski definition) is 1. The molecule has 0 radical (unpaired) electrons. The minimum atomic E-state index is 0.241. The van der Waals surface area contributed by atoms with Crippen molar-refractivity contribution in [1.29, 1.82) is 0 Å². The third-order valence-corrected chi connectivity index (χ3v) is 3.46. The molecule has 1 aliphatic rings. The molecule has 0 aromatic heterocycles. The lowest BCUT2D eigenvalue weighted by Crippen LogP contribution is -2.27. The van der Waals surface area contributed by atoms with E-state index in [2.05, 4.69) is 0 Å². The molecule has 1 saturated carbocycles. The first-order valence-corrected chi connectivity index (χ1v) is 5.56. The average Bonchev–Trinajstić information content (AvgIpc) is 2.03. The van der Waals surface area contributed by atoms with Crippen LogP contribution in [0.5, 0.6) is 0 Å². The lowest BCUT2D eigenvalue weighted by atomic mass is 9.88. The molecule has 1 aliphatic carbocycles. The predicted octanol–water partition coefficient (Wildman–Crippen LogP) is 1.78. The molecule has 0 aromatic rings. The summed E-state index contributed by atoms with van der Waals surface area (Å²) in [5, 5.41) is 0.241. The Labute approximate surface area is 78.3 Å². The van der Waals surface area contributed by atoms with Crippen molar-refractivity contribution < 1.29 is 4.79 Å². The van der Waals surface area contributed by atoms with Gasteiger partial charge in [0.2, 0.25) is 0 Å². The van der Waals surface area contributed by atoms with Crippen LogP contribution < -0.4 is 5.73 Å². The van der Waals surface area contributed by atoms with Gasteiger partial charge in [-0.25, -0.2) is 0 Å². The van der Waals surface area contributed by atoms with Gasteiger partial charge in [-0.3, -0.25) is 4.79 Å². The van der Waals surface area contributed by atoms with Gasteiger partial charge in [0.1, 0.15) is 0 Å². The summed E-state index contributed by atoms with van der Waals surface area (Å²) in [5.41, 5.74) is 5.78. The monoisotopic (exact) mass is 187 g/mol. The maximum absolute atomic E-state index is 10.7. The summed E-state index contributed by atoms with van der Waals surface area (Å²) in [6.07, 6.45) is 4.70. The van der Waals surface area contributed by atoms with Gasteiger partial charge < -0.3 is 5.73 Å². The van der Waals surface area contributed by atoms with Crippen LogP contribution in [0.1, 0.15) is 32.6 Å². The van der Waals surface area contributed by atoms with Gasteiger partial charge in [-0.1, -0.05) is 11.8 Å². The zero-order valence-corrected chi connectivity index (χ0v) is 8.40. The molecule has 0 aliphatic heterocycles. The highest BCUT2D eigenvalue weighted by molar-refractivity contribution is 8.13. The van der Waals surface area contributed by atoms with E-state index < -0.39 is 0 Å². The molecule has 2 nitrogen and oxygen atoms in total. The summed E-state index contributed by atoms with van der Waals surface area (Å²) in [5.74, 6) is 1.74. The Bertz CT molecular complexity index is 153. The second kappa shape index (κ2) is 4.87. The second-order valence-electron chi connectivity index (χ2n) is 3.58. The Balaban J connectivity index is 2.13. The third-order valence-electron chi connectivity index (χ3n) is 2.41. The minimum absolute atomic E-state index is 0.241. The summed E-state index contributed by atoms with van der Waals surface area (Å²) in [4.78, 5) is 10.7. The molecule has 0 atom stereocenters. The van der Waals surface area contributed by atoms with Crippen LogP contribution in [0.3, 0.4) is 0 Å². The van der Waals surface area contributed by atoms with Crippen molar-refractivity contribution in [1.82, 2.24) is 0 Å². The van der Waals surface area contributed by atoms with Crippen LogP contribution in [0, 0.1) is 5.92 Å². The van der Waals surface area contributed by atoms with Crippen LogP contribution in [-0.2, 0) is 4.79 Å². The number of nitrogens with two attached hydrogens (primary N) is 1. The van der Waals surface area contributed by atoms with E-state index in [1.807, 2.05) is 0 Å². The normalized spacial score (nSPS) is 30.2. The summed E-state index contributed by atoms with van der Waals surface area (Å²) >= 11 is 1.46. The highest BCUT2D eigenvalue weighted by atomic mass is 32.2. The molecular formula is C9H17NOS. The van der Waals surface area contributed by atoms with Crippen LogP contribution in [-0.4, -0.2) is 16.9 Å². The fraction of sp³-hybridized carbons (Fsp3) is 0.889. The van der Waals surface area contributed by atoms with Crippen molar-refractivity contribution in [3.63, 3.8) is 0 Å². The smallest absolute Gasteiger partial charge is 0.185 e. The second-order valence-corrected chi connectivity index (χ2v) is 4.78. The molecular weight excluding hydrogens is 170 g/mol. The molecule has 0 amide bonds. The van der Waals surface area contributed by atoms with Crippen molar-refractivity contribution in [2.75, 3.05) is 5.75 Å². The molecule has 70 valence electrons. The fourth-order valence-electron chi connectivity index (χ4n) is 1.59. The Morgan fingerprint density at radius 1 is 1.42 bits per heavy atom. The molecule has 0 spiro atoms. The summed E-state index contributed by atoms with van der Waals surface area (Å²) in [6, 6.07) is 0.420. The lowest BCUT2D eigenvalue weighted by molar-refractivity contribution is -0.109. The molecule has 1 rings (SSSR count). The SMILES string of the molecule is CC(=O)SCC1CCC(N)CC1. The average molecular weight is 187 g/mol. The predicted molar refractivity (Wildman–Crippen MR) is 53.1 cm³/mol. The van der Waals surface area contributed by atoms with Crippen molar-refractivity contribution >= 4 is 16.9 Å². The first kappa shape index (κ1) is 10.1. The first-order chi connectivity index (χ1) is 5.68. The standard InChI is InChI=1S/C9H17NOS/c1-7(11)12-6-8-2-4-9(10)5-3-8/h8-9H,2-6,10H2,1H3. The van der Waals surface area contributed by atoms with Crippen molar-refractivity contribution in [2.45, 2.75) is 38.6 Å². The van der Waals surface area contributed by atoms with Crippen LogP contribution in [0.2, 0.25) is 0 Å². The van der Waals surface area contributed by atoms with Crippen LogP contribution in [0.4, 0.5) is 0 Å². The Hall–Kier alpha value is -0.0200. The molecule has 2 N–H and O–H groups in total. The molecule has 0 aromatic carbocycles. The molecule has 3 heteroatoms. The molecule has 0 saturated heterocycles. The van der Waals surface area contributed by atoms with Crippen molar-refractivity contribution in [3.05, 3.63) is 0 Å². The van der Waals surface area contributed by atoms with E-state index in [9.17, 15) is 4.79 Å². The van der Waals surface area contributed by atoms with E-state index in [-0.39, 0.29) is 5.12 Å². The molecule has 1 fully saturated rings. The van der Waals surface area contributed by atoms with Gasteiger partial charge in [-0.2, -0.15) is 0 Å². The van der Waals surface area contributed by atoms with E-state index in [0.717, 1.165) is 24.5 Å². The molecule has 0 bridgehead atoms. The zero-order chi connectivity index (χ0) is 8.97. The Morgan fingerprint density at radius 3 is 2.50 bits per heavy atom. The van der Waals surface area contributed by atoms with E-state index in [1.54, 1.807) is 6.92 Å². The summed E-state index contributed by atoms with van der Waals surface area (Å²) in [6.45, 7) is 1.64. The van der Waals surface area contributed by atoms with E-state index in [0.29, 0.717) is 6.04 Å². The molecule has 0 unspecified atom stereocenters. The zero-order valence-electron chi connectivity index (χ0n) is 7.58. The number of thioether (sulfide) groups is 1. The Kier molecular flexibility index (Phi) is 4.09. The largest absolute Gasteiger partial charge is 0.328 e. The summed E-state index contributed by atoms with van der Waals surface area (Å²) < 4.78 is 0. The fourth-order valence-corrected chi connectivity index (χ4v) is 2.39. The van der Waals surface area contributed by atoms with Crippen molar-refractivity contribution in [2.24, 2.45) is 11.7 Å². The van der Waals surface area contributed by atoms with Crippen LogP contribution >= 0.6 is 11.8 Å². The van der Waals surface area contributed by atoms with Gasteiger partial charge in [-0.05, 0) is 31.6 Å². The maximum Gasteiger partial charge on any atom is 0.185 e. The number of rotatable bonds is 2. The Morgan fingerprint density at radius 2 is 2.00 bits per heavy atom. The maximum atomic E-state index is 10.7. The van der Waals surface area contributed by atoms with Gasteiger partial charge in [0.05, 0.1) is 0 Å². The highest BCUT2D eigenvalue weighted by Crippen LogP contribution is 2.26. The van der Waals surface area contributed by atoms with Crippen LogP contribution in [0.25, 0.3) is 0 Å². The summed E-state index contributed by atoms with van der Waals surface area (Å²) in [7, 11) is 0. The van der Waals surface area contributed by atoms with Gasteiger partial charge >= 0.3 is 0 Å². The van der Waals surface area contributed by atoms with E-state index in [1.165, 1.54) is 24.6 Å². The number of carbonyl (C=O) groups is 1. The van der Waals surface area contributed by atoms with E-state index in [4.69, 9.17) is 5.73 Å². The van der Waals surface area contributed by atoms with Gasteiger partial charge in [0.15, 0.2) is 5.12 Å². The highest BCUT2D eigenvalue weighted by Gasteiger charge is 2.18. The first-order valence-electron chi connectivity index (χ1n) is 4.57. The minimum Gasteiger partial charge on any atom is -0.328 e. The van der Waals surface area contributed by atoms with E-state index >= 15 is 0 Å². The topological polar surface area (TPSA) is 43.1 Å². The van der Waals surface area contributed by atoms with Gasteiger partial charge in [0.25, 0.3) is 0 Å². The van der Waals surface area contributed by atoms with Crippen LogP contribution in [0.15, 0.2) is 0 Å². The van der Waals surface area contributed by atoms with Gasteiger partial charge in [0, 0.05) is 18.7 Å². The van der Waals surface area contributed by atoms with Crippen molar-refractivity contribution in [3.8, 4) is 0 Å². The number of carbonyl (C=O) groups excluding carboxylic acids is 1. The lowest BCUT2D eigenvalue weighted by Gasteiger charge is -2.25. The quantitative estimate of drug-likeness (QED) is 0.716. The van der Waals surface area contributed by atoms with Gasteiger partial charge in [-0.15, -0.1) is 0 Å². The number of hydrogen-bond acceptors (Lipinski definition) is 3.